The zero-order chi connectivity index (χ0) is 11.3. The summed E-state index contributed by atoms with van der Waals surface area (Å²) in [5.41, 5.74) is 0.488. The summed E-state index contributed by atoms with van der Waals surface area (Å²) in [5.74, 6) is -0.137. The Morgan fingerprint density at radius 1 is 1.40 bits per heavy atom. The lowest BCUT2D eigenvalue weighted by Crippen LogP contribution is -2.38. The van der Waals surface area contributed by atoms with Crippen LogP contribution in [0, 0.1) is 5.41 Å². The van der Waals surface area contributed by atoms with E-state index in [2.05, 4.69) is 19.2 Å². The quantitative estimate of drug-likeness (QED) is 0.727. The molecule has 0 amide bonds. The highest BCUT2D eigenvalue weighted by atomic mass is 16.5. The van der Waals surface area contributed by atoms with Gasteiger partial charge in [-0.05, 0) is 38.0 Å². The van der Waals surface area contributed by atoms with E-state index in [9.17, 15) is 4.79 Å². The third-order valence-electron chi connectivity index (χ3n) is 3.18. The SMILES string of the molecule is CCOC(=O)CNC1CCC(C)(C)CC1. The van der Waals surface area contributed by atoms with Gasteiger partial charge in [-0.25, -0.2) is 0 Å². The molecule has 1 saturated carbocycles. The molecule has 3 heteroatoms. The van der Waals surface area contributed by atoms with Crippen molar-refractivity contribution in [3.63, 3.8) is 0 Å². The van der Waals surface area contributed by atoms with Crippen LogP contribution in [0.5, 0.6) is 0 Å². The summed E-state index contributed by atoms with van der Waals surface area (Å²) in [6.07, 6.45) is 4.83. The normalized spacial score (nSPS) is 21.3. The maximum Gasteiger partial charge on any atom is 0.319 e. The molecule has 0 aromatic heterocycles. The summed E-state index contributed by atoms with van der Waals surface area (Å²) in [7, 11) is 0. The molecule has 88 valence electrons. The van der Waals surface area contributed by atoms with E-state index in [4.69, 9.17) is 4.74 Å². The lowest BCUT2D eigenvalue weighted by Gasteiger charge is -2.34. The van der Waals surface area contributed by atoms with Crippen LogP contribution < -0.4 is 5.32 Å². The maximum atomic E-state index is 11.1. The van der Waals surface area contributed by atoms with Crippen LogP contribution in [-0.2, 0) is 9.53 Å². The smallest absolute Gasteiger partial charge is 0.319 e. The van der Waals surface area contributed by atoms with Crippen LogP contribution in [0.25, 0.3) is 0 Å². The van der Waals surface area contributed by atoms with Crippen LogP contribution in [0.4, 0.5) is 0 Å². The van der Waals surface area contributed by atoms with Crippen molar-refractivity contribution in [3.8, 4) is 0 Å². The molecule has 0 bridgehead atoms. The molecule has 1 fully saturated rings. The molecule has 1 aliphatic carbocycles. The van der Waals surface area contributed by atoms with Gasteiger partial charge in [0.1, 0.15) is 0 Å². The Kier molecular flexibility index (Phi) is 4.58. The number of esters is 1. The molecule has 0 atom stereocenters. The van der Waals surface area contributed by atoms with Crippen molar-refractivity contribution in [1.82, 2.24) is 5.32 Å². The zero-order valence-electron chi connectivity index (χ0n) is 10.1. The molecule has 0 aromatic carbocycles. The summed E-state index contributed by atoms with van der Waals surface area (Å²) in [5, 5.41) is 3.27. The maximum absolute atomic E-state index is 11.1. The first-order chi connectivity index (χ1) is 7.03. The molecule has 3 nitrogen and oxygen atoms in total. The van der Waals surface area contributed by atoms with Gasteiger partial charge in [0.25, 0.3) is 0 Å². The summed E-state index contributed by atoms with van der Waals surface area (Å²) in [6, 6.07) is 0.502. The molecule has 0 heterocycles. The lowest BCUT2D eigenvalue weighted by molar-refractivity contribution is -0.142. The van der Waals surface area contributed by atoms with Gasteiger partial charge in [0.2, 0.25) is 0 Å². The second kappa shape index (κ2) is 5.50. The minimum Gasteiger partial charge on any atom is -0.465 e. The van der Waals surface area contributed by atoms with Crippen molar-refractivity contribution < 1.29 is 9.53 Å². The standard InChI is InChI=1S/C12H23NO2/c1-4-15-11(14)9-13-10-5-7-12(2,3)8-6-10/h10,13H,4-9H2,1-3H3. The predicted octanol–water partition coefficient (Wildman–Crippen LogP) is 2.11. The molecule has 0 radical (unpaired) electrons. The van der Waals surface area contributed by atoms with Crippen LogP contribution in [-0.4, -0.2) is 25.2 Å². The van der Waals surface area contributed by atoms with Crippen molar-refractivity contribution in [3.05, 3.63) is 0 Å². The highest BCUT2D eigenvalue weighted by Gasteiger charge is 2.26. The first-order valence-electron chi connectivity index (χ1n) is 5.92. The molecular weight excluding hydrogens is 190 g/mol. The van der Waals surface area contributed by atoms with Crippen molar-refractivity contribution in [2.45, 2.75) is 52.5 Å². The van der Waals surface area contributed by atoms with Gasteiger partial charge in [0, 0.05) is 6.04 Å². The van der Waals surface area contributed by atoms with E-state index in [0.717, 1.165) is 0 Å². The second-order valence-corrected chi connectivity index (χ2v) is 5.12. The summed E-state index contributed by atoms with van der Waals surface area (Å²) in [4.78, 5) is 11.1. The Bertz CT molecular complexity index is 204. The van der Waals surface area contributed by atoms with Gasteiger partial charge in [0.15, 0.2) is 0 Å². The van der Waals surface area contributed by atoms with Crippen molar-refractivity contribution in [2.24, 2.45) is 5.41 Å². The van der Waals surface area contributed by atoms with Crippen LogP contribution >= 0.6 is 0 Å². The number of hydrogen-bond donors (Lipinski definition) is 1. The van der Waals surface area contributed by atoms with Gasteiger partial charge in [-0.15, -0.1) is 0 Å². The molecule has 15 heavy (non-hydrogen) atoms. The highest BCUT2D eigenvalue weighted by molar-refractivity contribution is 5.71. The first-order valence-corrected chi connectivity index (χ1v) is 5.92. The number of ether oxygens (including phenoxy) is 1. The third kappa shape index (κ3) is 4.65. The number of carbonyl (C=O) groups excluding carboxylic acids is 1. The molecule has 0 spiro atoms. The lowest BCUT2D eigenvalue weighted by atomic mass is 9.75. The molecular formula is C12H23NO2. The van der Waals surface area contributed by atoms with Crippen LogP contribution in [0.1, 0.15) is 46.5 Å². The zero-order valence-corrected chi connectivity index (χ0v) is 10.1. The Morgan fingerprint density at radius 3 is 2.53 bits per heavy atom. The van der Waals surface area contributed by atoms with Gasteiger partial charge in [0.05, 0.1) is 13.2 Å². The molecule has 1 N–H and O–H groups in total. The predicted molar refractivity (Wildman–Crippen MR) is 60.7 cm³/mol. The van der Waals surface area contributed by atoms with E-state index < -0.39 is 0 Å². The Labute approximate surface area is 92.6 Å². The number of rotatable bonds is 4. The molecule has 1 rings (SSSR count). The van der Waals surface area contributed by atoms with E-state index in [1.807, 2.05) is 6.92 Å². The Hall–Kier alpha value is -0.570. The molecule has 0 aromatic rings. The number of hydrogen-bond acceptors (Lipinski definition) is 3. The van der Waals surface area contributed by atoms with E-state index in [0.29, 0.717) is 24.6 Å². The molecule has 0 saturated heterocycles. The van der Waals surface area contributed by atoms with Crippen LogP contribution in [0.2, 0.25) is 0 Å². The van der Waals surface area contributed by atoms with Gasteiger partial charge < -0.3 is 10.1 Å². The second-order valence-electron chi connectivity index (χ2n) is 5.12. The van der Waals surface area contributed by atoms with Gasteiger partial charge in [-0.2, -0.15) is 0 Å². The third-order valence-corrected chi connectivity index (χ3v) is 3.18. The minimum atomic E-state index is -0.137. The monoisotopic (exact) mass is 213 g/mol. The van der Waals surface area contributed by atoms with E-state index >= 15 is 0 Å². The van der Waals surface area contributed by atoms with Gasteiger partial charge in [-0.1, -0.05) is 13.8 Å². The number of carbonyl (C=O) groups is 1. The summed E-state index contributed by atoms with van der Waals surface area (Å²) >= 11 is 0. The average Bonchev–Trinajstić information content (AvgIpc) is 2.17. The topological polar surface area (TPSA) is 38.3 Å². The van der Waals surface area contributed by atoms with Crippen LogP contribution in [0.3, 0.4) is 0 Å². The largest absolute Gasteiger partial charge is 0.465 e. The Balaban J connectivity index is 2.16. The minimum absolute atomic E-state index is 0.137. The van der Waals surface area contributed by atoms with E-state index in [1.54, 1.807) is 0 Å². The van der Waals surface area contributed by atoms with Crippen LogP contribution in [0.15, 0.2) is 0 Å². The van der Waals surface area contributed by atoms with Crippen molar-refractivity contribution >= 4 is 5.97 Å². The van der Waals surface area contributed by atoms with Crippen molar-refractivity contribution in [1.29, 1.82) is 0 Å². The van der Waals surface area contributed by atoms with Gasteiger partial charge >= 0.3 is 5.97 Å². The van der Waals surface area contributed by atoms with E-state index in [1.165, 1.54) is 25.7 Å². The first kappa shape index (κ1) is 12.5. The van der Waals surface area contributed by atoms with Crippen molar-refractivity contribution in [2.75, 3.05) is 13.2 Å². The fourth-order valence-corrected chi connectivity index (χ4v) is 2.04. The average molecular weight is 213 g/mol. The molecule has 0 aliphatic heterocycles. The fourth-order valence-electron chi connectivity index (χ4n) is 2.04. The van der Waals surface area contributed by atoms with E-state index in [-0.39, 0.29) is 5.97 Å². The van der Waals surface area contributed by atoms with Gasteiger partial charge in [-0.3, -0.25) is 4.79 Å². The Morgan fingerprint density at radius 2 is 2.00 bits per heavy atom. The highest BCUT2D eigenvalue weighted by Crippen LogP contribution is 2.34. The summed E-state index contributed by atoms with van der Waals surface area (Å²) in [6.45, 7) is 7.29. The number of nitrogens with one attached hydrogen (secondary N) is 1. The molecule has 0 unspecified atom stereocenters. The molecule has 1 aliphatic rings. The summed E-state index contributed by atoms with van der Waals surface area (Å²) < 4.78 is 4.87. The fraction of sp³-hybridized carbons (Fsp3) is 0.917.